The second-order valence-corrected chi connectivity index (χ2v) is 15.6. The second kappa shape index (κ2) is 14.3. The van der Waals surface area contributed by atoms with Gasteiger partial charge < -0.3 is 0 Å². The van der Waals surface area contributed by atoms with Crippen molar-refractivity contribution in [3.63, 3.8) is 0 Å². The van der Waals surface area contributed by atoms with Gasteiger partial charge in [-0.25, -0.2) is 15.0 Å². The van der Waals surface area contributed by atoms with E-state index in [9.17, 15) is 0 Å². The number of nitrogens with zero attached hydrogens (tertiary/aromatic N) is 3. The molecule has 3 nitrogen and oxygen atoms in total. The van der Waals surface area contributed by atoms with Crippen molar-refractivity contribution in [1.29, 1.82) is 0 Å². The van der Waals surface area contributed by atoms with E-state index in [2.05, 4.69) is 202 Å². The van der Waals surface area contributed by atoms with Crippen LogP contribution in [0.15, 0.2) is 188 Å². The van der Waals surface area contributed by atoms with Gasteiger partial charge in [0.2, 0.25) is 0 Å². The van der Waals surface area contributed by atoms with Crippen molar-refractivity contribution in [2.75, 3.05) is 0 Å². The summed E-state index contributed by atoms with van der Waals surface area (Å²) < 4.78 is 0. The Hall–Kier alpha value is -6.97. The number of rotatable bonds is 7. The van der Waals surface area contributed by atoms with E-state index in [0.717, 1.165) is 68.5 Å². The SMILES string of the molecule is CC1(C)c2ccccc2-c2ccc(-c3nc(-c4cc(C5=CCCC=C5)cc(-c5ccccc5)c4)nc(-c4cc(-c5ccccc5)cc(-c5ccccc5)c4)n3)cc21. The normalized spacial score (nSPS) is 13.8. The molecule has 2 aliphatic rings. The minimum Gasteiger partial charge on any atom is -0.208 e. The lowest BCUT2D eigenvalue weighted by molar-refractivity contribution is 0.660. The largest absolute Gasteiger partial charge is 0.208 e. The number of aromatic nitrogens is 3. The third-order valence-electron chi connectivity index (χ3n) is 11.5. The number of allylic oxidation sites excluding steroid dienone is 4. The molecule has 272 valence electrons. The maximum absolute atomic E-state index is 5.36. The second-order valence-electron chi connectivity index (χ2n) is 15.6. The summed E-state index contributed by atoms with van der Waals surface area (Å²) in [5.41, 5.74) is 17.0. The van der Waals surface area contributed by atoms with Gasteiger partial charge in [0.15, 0.2) is 17.5 Å². The highest BCUT2D eigenvalue weighted by molar-refractivity contribution is 5.86. The fourth-order valence-electron chi connectivity index (χ4n) is 8.51. The van der Waals surface area contributed by atoms with Crippen molar-refractivity contribution in [2.24, 2.45) is 0 Å². The minimum absolute atomic E-state index is 0.157. The molecular formula is C54H41N3. The fraction of sp³-hybridized carbons (Fsp3) is 0.0926. The first-order chi connectivity index (χ1) is 28.0. The Labute approximate surface area is 334 Å². The summed E-state index contributed by atoms with van der Waals surface area (Å²) in [6, 6.07) is 60.7. The lowest BCUT2D eigenvalue weighted by Gasteiger charge is -2.21. The summed E-state index contributed by atoms with van der Waals surface area (Å²) in [6.07, 6.45) is 8.93. The molecule has 10 rings (SSSR count). The summed E-state index contributed by atoms with van der Waals surface area (Å²) in [4.78, 5) is 16.0. The van der Waals surface area contributed by atoms with E-state index in [4.69, 9.17) is 15.0 Å². The van der Waals surface area contributed by atoms with Crippen LogP contribution in [0, 0.1) is 0 Å². The molecule has 0 bridgehead atoms. The van der Waals surface area contributed by atoms with E-state index in [0.29, 0.717) is 17.5 Å². The average Bonchev–Trinajstić information content (AvgIpc) is 3.52. The van der Waals surface area contributed by atoms with Crippen LogP contribution >= 0.6 is 0 Å². The van der Waals surface area contributed by atoms with Gasteiger partial charge in [-0.3, -0.25) is 0 Å². The first kappa shape index (κ1) is 34.5. The molecule has 0 radical (unpaired) electrons. The maximum atomic E-state index is 5.36. The third-order valence-corrected chi connectivity index (χ3v) is 11.5. The van der Waals surface area contributed by atoms with Gasteiger partial charge in [0.25, 0.3) is 0 Å². The standard InChI is InChI=1S/C54H41N3/c1-54(2)49-26-16-15-25-47(49)48-28-27-40(35-50(48)54)51-55-52(45-31-41(36-17-7-3-8-18-36)29-42(32-45)37-19-9-4-10-20-37)57-53(56-51)46-33-43(38-21-11-5-12-22-38)30-44(34-46)39-23-13-6-14-24-39/h3-5,7-13,15-35H,6,14H2,1-2H3. The molecule has 3 heteroatoms. The summed E-state index contributed by atoms with van der Waals surface area (Å²) in [5.74, 6) is 1.93. The van der Waals surface area contributed by atoms with Gasteiger partial charge in [0, 0.05) is 22.1 Å². The summed E-state index contributed by atoms with van der Waals surface area (Å²) in [7, 11) is 0. The molecule has 0 saturated heterocycles. The zero-order valence-corrected chi connectivity index (χ0v) is 32.2. The quantitative estimate of drug-likeness (QED) is 0.164. The van der Waals surface area contributed by atoms with Crippen molar-refractivity contribution in [2.45, 2.75) is 32.1 Å². The van der Waals surface area contributed by atoms with Gasteiger partial charge in [0.05, 0.1) is 0 Å². The molecule has 0 amide bonds. The van der Waals surface area contributed by atoms with E-state index in [1.165, 1.54) is 27.8 Å². The van der Waals surface area contributed by atoms with E-state index in [1.54, 1.807) is 0 Å². The number of hydrogen-bond donors (Lipinski definition) is 0. The van der Waals surface area contributed by atoms with Crippen LogP contribution < -0.4 is 0 Å². The van der Waals surface area contributed by atoms with Crippen LogP contribution in [0.3, 0.4) is 0 Å². The zero-order chi connectivity index (χ0) is 38.3. The highest BCUT2D eigenvalue weighted by atomic mass is 15.0. The van der Waals surface area contributed by atoms with E-state index >= 15 is 0 Å². The van der Waals surface area contributed by atoms with Gasteiger partial charge >= 0.3 is 0 Å². The van der Waals surface area contributed by atoms with Crippen molar-refractivity contribution >= 4 is 5.57 Å². The molecule has 0 unspecified atom stereocenters. The van der Waals surface area contributed by atoms with Crippen LogP contribution in [0.25, 0.3) is 84.2 Å². The van der Waals surface area contributed by atoms with E-state index in [1.807, 2.05) is 0 Å². The topological polar surface area (TPSA) is 38.7 Å². The van der Waals surface area contributed by atoms with E-state index in [-0.39, 0.29) is 5.41 Å². The number of hydrogen-bond acceptors (Lipinski definition) is 3. The predicted molar refractivity (Wildman–Crippen MR) is 236 cm³/mol. The van der Waals surface area contributed by atoms with Crippen molar-refractivity contribution in [3.8, 4) is 78.7 Å². The lowest BCUT2D eigenvalue weighted by Crippen LogP contribution is -2.15. The highest BCUT2D eigenvalue weighted by Gasteiger charge is 2.35. The minimum atomic E-state index is -0.157. The Kier molecular flexibility index (Phi) is 8.64. The van der Waals surface area contributed by atoms with Crippen LogP contribution in [0.1, 0.15) is 43.4 Å². The van der Waals surface area contributed by atoms with Crippen molar-refractivity contribution in [1.82, 2.24) is 15.0 Å². The highest BCUT2D eigenvalue weighted by Crippen LogP contribution is 2.49. The summed E-state index contributed by atoms with van der Waals surface area (Å²) in [6.45, 7) is 4.63. The van der Waals surface area contributed by atoms with Gasteiger partial charge in [0.1, 0.15) is 0 Å². The first-order valence-corrected chi connectivity index (χ1v) is 19.8. The van der Waals surface area contributed by atoms with Crippen LogP contribution in [0.2, 0.25) is 0 Å². The summed E-state index contributed by atoms with van der Waals surface area (Å²) in [5, 5.41) is 0. The molecule has 0 N–H and O–H groups in total. The molecule has 0 spiro atoms. The monoisotopic (exact) mass is 731 g/mol. The van der Waals surface area contributed by atoms with Gasteiger partial charge in [-0.15, -0.1) is 0 Å². The zero-order valence-electron chi connectivity index (χ0n) is 32.2. The lowest BCUT2D eigenvalue weighted by atomic mass is 9.82. The summed E-state index contributed by atoms with van der Waals surface area (Å²) >= 11 is 0. The Morgan fingerprint density at radius 2 is 0.825 bits per heavy atom. The molecule has 2 aliphatic carbocycles. The van der Waals surface area contributed by atoms with Crippen molar-refractivity contribution in [3.05, 3.63) is 205 Å². The van der Waals surface area contributed by atoms with Crippen LogP contribution in [-0.2, 0) is 5.41 Å². The molecule has 8 aromatic rings. The number of fused-ring (bicyclic) bond motifs is 3. The Morgan fingerprint density at radius 1 is 0.368 bits per heavy atom. The van der Waals surface area contributed by atoms with E-state index < -0.39 is 0 Å². The Bertz CT molecular complexity index is 2790. The number of benzene rings is 7. The molecule has 0 atom stereocenters. The van der Waals surface area contributed by atoms with Gasteiger partial charge in [-0.1, -0.05) is 159 Å². The van der Waals surface area contributed by atoms with Crippen LogP contribution in [0.4, 0.5) is 0 Å². The molecular weight excluding hydrogens is 691 g/mol. The molecule has 0 aliphatic heterocycles. The fourth-order valence-corrected chi connectivity index (χ4v) is 8.51. The molecule has 1 heterocycles. The Balaban J connectivity index is 1.21. The molecule has 0 saturated carbocycles. The smallest absolute Gasteiger partial charge is 0.164 e. The van der Waals surface area contributed by atoms with Gasteiger partial charge in [-0.05, 0) is 122 Å². The molecule has 0 fully saturated rings. The van der Waals surface area contributed by atoms with Gasteiger partial charge in [-0.2, -0.15) is 0 Å². The average molecular weight is 732 g/mol. The first-order valence-electron chi connectivity index (χ1n) is 19.8. The molecule has 7 aromatic carbocycles. The van der Waals surface area contributed by atoms with Crippen LogP contribution in [-0.4, -0.2) is 15.0 Å². The Morgan fingerprint density at radius 3 is 1.37 bits per heavy atom. The molecule has 1 aromatic heterocycles. The van der Waals surface area contributed by atoms with Crippen LogP contribution in [0.5, 0.6) is 0 Å². The predicted octanol–water partition coefficient (Wildman–Crippen LogP) is 13.9. The maximum Gasteiger partial charge on any atom is 0.164 e. The third kappa shape index (κ3) is 6.51. The molecule has 57 heavy (non-hydrogen) atoms. The van der Waals surface area contributed by atoms with Crippen molar-refractivity contribution < 1.29 is 0 Å².